The van der Waals surface area contributed by atoms with Crippen LogP contribution in [0, 0.1) is 0 Å². The summed E-state index contributed by atoms with van der Waals surface area (Å²) < 4.78 is 10.1. The van der Waals surface area contributed by atoms with Crippen LogP contribution in [-0.2, 0) is 14.3 Å². The number of carbonyl (C=O) groups excluding carboxylic acids is 2. The lowest BCUT2D eigenvalue weighted by molar-refractivity contribution is -0.131. The van der Waals surface area contributed by atoms with Crippen LogP contribution < -0.4 is 5.32 Å². The summed E-state index contributed by atoms with van der Waals surface area (Å²) in [4.78, 5) is 27.9. The summed E-state index contributed by atoms with van der Waals surface area (Å²) in [5.74, 6) is 0.0816. The van der Waals surface area contributed by atoms with E-state index in [1.807, 2.05) is 25.7 Å². The minimum absolute atomic E-state index is 0.0816. The van der Waals surface area contributed by atoms with Crippen LogP contribution in [-0.4, -0.2) is 80.4 Å². The number of hydrogen-bond donors (Lipinski definition) is 1. The lowest BCUT2D eigenvalue weighted by Crippen LogP contribution is -2.49. The van der Waals surface area contributed by atoms with Gasteiger partial charge < -0.3 is 24.6 Å². The average molecular weight is 315 g/mol. The van der Waals surface area contributed by atoms with E-state index in [9.17, 15) is 9.59 Å². The molecule has 7 nitrogen and oxygen atoms in total. The molecular formula is C15H29N3O4. The molecule has 1 fully saturated rings. The van der Waals surface area contributed by atoms with Gasteiger partial charge in [-0.3, -0.25) is 4.79 Å². The van der Waals surface area contributed by atoms with E-state index in [0.717, 1.165) is 0 Å². The van der Waals surface area contributed by atoms with Crippen LogP contribution in [0.4, 0.5) is 4.79 Å². The Morgan fingerprint density at radius 2 is 1.82 bits per heavy atom. The van der Waals surface area contributed by atoms with E-state index in [1.165, 1.54) is 0 Å². The molecule has 3 amide bonds. The van der Waals surface area contributed by atoms with Crippen molar-refractivity contribution in [2.24, 2.45) is 0 Å². The Kier molecular flexibility index (Phi) is 7.09. The van der Waals surface area contributed by atoms with Crippen LogP contribution in [0.2, 0.25) is 0 Å². The number of ether oxygens (including phenoxy) is 2. The fourth-order valence-corrected chi connectivity index (χ4v) is 2.44. The SMILES string of the molecule is COCCN(CCOC)C(=O)NC1CC(=O)N(C(C)(C)C)C1. The molecule has 0 aromatic carbocycles. The first kappa shape index (κ1) is 18.7. The van der Waals surface area contributed by atoms with Crippen LogP contribution >= 0.6 is 0 Å². The topological polar surface area (TPSA) is 71.1 Å². The highest BCUT2D eigenvalue weighted by Crippen LogP contribution is 2.21. The normalized spacial score (nSPS) is 18.7. The second-order valence-corrected chi connectivity index (χ2v) is 6.50. The summed E-state index contributed by atoms with van der Waals surface area (Å²) in [6, 6.07) is -0.325. The lowest BCUT2D eigenvalue weighted by atomic mass is 10.1. The van der Waals surface area contributed by atoms with Gasteiger partial charge in [0.1, 0.15) is 0 Å². The van der Waals surface area contributed by atoms with Gasteiger partial charge in [-0.25, -0.2) is 4.79 Å². The van der Waals surface area contributed by atoms with Gasteiger partial charge in [-0.05, 0) is 20.8 Å². The fraction of sp³-hybridized carbons (Fsp3) is 0.867. The van der Waals surface area contributed by atoms with Gasteiger partial charge in [0.15, 0.2) is 0 Å². The van der Waals surface area contributed by atoms with Gasteiger partial charge >= 0.3 is 6.03 Å². The first-order valence-electron chi connectivity index (χ1n) is 7.63. The minimum atomic E-state index is -0.220. The second-order valence-electron chi connectivity index (χ2n) is 6.50. The predicted molar refractivity (Wildman–Crippen MR) is 83.7 cm³/mol. The van der Waals surface area contributed by atoms with Crippen molar-refractivity contribution in [3.8, 4) is 0 Å². The standard InChI is InChI=1S/C15H29N3O4/c1-15(2,3)18-11-12(10-13(18)19)16-14(20)17(6-8-21-4)7-9-22-5/h12H,6-11H2,1-5H3,(H,16,20). The Morgan fingerprint density at radius 3 is 2.23 bits per heavy atom. The summed E-state index contributed by atoms with van der Waals surface area (Å²) in [6.07, 6.45) is 0.353. The van der Waals surface area contributed by atoms with Crippen molar-refractivity contribution in [1.29, 1.82) is 0 Å². The molecule has 1 heterocycles. The van der Waals surface area contributed by atoms with Gasteiger partial charge in [-0.2, -0.15) is 0 Å². The molecule has 22 heavy (non-hydrogen) atoms. The van der Waals surface area contributed by atoms with Gasteiger partial charge in [-0.15, -0.1) is 0 Å². The van der Waals surface area contributed by atoms with Crippen molar-refractivity contribution in [2.45, 2.75) is 38.8 Å². The van der Waals surface area contributed by atoms with E-state index in [1.54, 1.807) is 19.1 Å². The van der Waals surface area contributed by atoms with E-state index in [0.29, 0.717) is 39.3 Å². The molecule has 1 rings (SSSR count). The molecule has 0 spiro atoms. The summed E-state index contributed by atoms with van der Waals surface area (Å²) in [7, 11) is 3.20. The van der Waals surface area contributed by atoms with E-state index < -0.39 is 0 Å². The zero-order valence-corrected chi connectivity index (χ0v) is 14.3. The van der Waals surface area contributed by atoms with Crippen LogP contribution in [0.15, 0.2) is 0 Å². The molecule has 128 valence electrons. The molecule has 1 aliphatic rings. The molecule has 0 aromatic rings. The van der Waals surface area contributed by atoms with Crippen molar-refractivity contribution < 1.29 is 19.1 Å². The van der Waals surface area contributed by atoms with Gasteiger partial charge in [0, 0.05) is 45.8 Å². The Bertz CT molecular complexity index is 373. The highest BCUT2D eigenvalue weighted by molar-refractivity contribution is 5.82. The lowest BCUT2D eigenvalue weighted by Gasteiger charge is -2.32. The largest absolute Gasteiger partial charge is 0.383 e. The Labute approximate surface area is 132 Å². The molecule has 0 saturated carbocycles. The number of nitrogens with zero attached hydrogens (tertiary/aromatic N) is 2. The van der Waals surface area contributed by atoms with Gasteiger partial charge in [-0.1, -0.05) is 0 Å². The maximum atomic E-state index is 12.3. The number of likely N-dealkylation sites (tertiary alicyclic amines) is 1. The smallest absolute Gasteiger partial charge is 0.317 e. The second kappa shape index (κ2) is 8.33. The number of hydrogen-bond acceptors (Lipinski definition) is 4. The zero-order valence-electron chi connectivity index (χ0n) is 14.3. The molecular weight excluding hydrogens is 286 g/mol. The molecule has 7 heteroatoms. The van der Waals surface area contributed by atoms with E-state index in [-0.39, 0.29) is 23.5 Å². The van der Waals surface area contributed by atoms with E-state index in [2.05, 4.69) is 5.32 Å². The maximum Gasteiger partial charge on any atom is 0.317 e. The van der Waals surface area contributed by atoms with Crippen molar-refractivity contribution in [3.63, 3.8) is 0 Å². The summed E-state index contributed by atoms with van der Waals surface area (Å²) in [6.45, 7) is 8.47. The third-order valence-electron chi connectivity index (χ3n) is 3.68. The monoisotopic (exact) mass is 315 g/mol. The summed E-state index contributed by atoms with van der Waals surface area (Å²) in [5.41, 5.74) is -0.220. The third kappa shape index (κ3) is 5.46. The first-order valence-corrected chi connectivity index (χ1v) is 7.63. The van der Waals surface area contributed by atoms with Crippen LogP contribution in [0.3, 0.4) is 0 Å². The zero-order chi connectivity index (χ0) is 16.8. The van der Waals surface area contributed by atoms with Gasteiger partial charge in [0.05, 0.1) is 19.3 Å². The van der Waals surface area contributed by atoms with Crippen LogP contribution in [0.1, 0.15) is 27.2 Å². The number of nitrogens with one attached hydrogen (secondary N) is 1. The van der Waals surface area contributed by atoms with Crippen molar-refractivity contribution >= 4 is 11.9 Å². The summed E-state index contributed by atoms with van der Waals surface area (Å²) >= 11 is 0. The molecule has 1 aliphatic heterocycles. The number of amides is 3. The minimum Gasteiger partial charge on any atom is -0.383 e. The van der Waals surface area contributed by atoms with Crippen molar-refractivity contribution in [3.05, 3.63) is 0 Å². The van der Waals surface area contributed by atoms with Crippen molar-refractivity contribution in [1.82, 2.24) is 15.1 Å². The van der Waals surface area contributed by atoms with E-state index in [4.69, 9.17) is 9.47 Å². The first-order chi connectivity index (χ1) is 10.3. The van der Waals surface area contributed by atoms with Crippen molar-refractivity contribution in [2.75, 3.05) is 47.1 Å². The highest BCUT2D eigenvalue weighted by Gasteiger charge is 2.37. The predicted octanol–water partition coefficient (Wildman–Crippen LogP) is 0.690. The summed E-state index contributed by atoms with van der Waals surface area (Å²) in [5, 5.41) is 2.94. The van der Waals surface area contributed by atoms with Crippen LogP contribution in [0.5, 0.6) is 0 Å². The number of carbonyl (C=O) groups is 2. The number of urea groups is 1. The molecule has 1 atom stereocenters. The third-order valence-corrected chi connectivity index (χ3v) is 3.68. The molecule has 0 aromatic heterocycles. The number of methoxy groups -OCH3 is 2. The average Bonchev–Trinajstić information content (AvgIpc) is 2.79. The molecule has 1 unspecified atom stereocenters. The quantitative estimate of drug-likeness (QED) is 0.750. The maximum absolute atomic E-state index is 12.3. The Hall–Kier alpha value is -1.34. The Balaban J connectivity index is 2.56. The molecule has 0 bridgehead atoms. The van der Waals surface area contributed by atoms with E-state index >= 15 is 0 Å². The molecule has 0 radical (unpaired) electrons. The molecule has 1 saturated heterocycles. The van der Waals surface area contributed by atoms with Gasteiger partial charge in [0.2, 0.25) is 5.91 Å². The van der Waals surface area contributed by atoms with Crippen LogP contribution in [0.25, 0.3) is 0 Å². The fourth-order valence-electron chi connectivity index (χ4n) is 2.44. The Morgan fingerprint density at radius 1 is 1.27 bits per heavy atom. The molecule has 1 N–H and O–H groups in total. The number of rotatable bonds is 7. The molecule has 0 aliphatic carbocycles. The van der Waals surface area contributed by atoms with Gasteiger partial charge in [0.25, 0.3) is 0 Å². The highest BCUT2D eigenvalue weighted by atomic mass is 16.5.